The summed E-state index contributed by atoms with van der Waals surface area (Å²) in [5.41, 5.74) is 5.05. The standard InChI is InChI=1S/C26H25ClO4/c1-2-30-25(29)18-31-23-14-10-21(11-15-23)26(20-8-12-22(27)13-9-20)24(16-17-28)19-6-4-3-5-7-19/h3-15,28H,2,16-18H2,1H3/b26-24-. The molecule has 3 aromatic rings. The average molecular weight is 437 g/mol. The van der Waals surface area contributed by atoms with Gasteiger partial charge >= 0.3 is 5.97 Å². The van der Waals surface area contributed by atoms with E-state index in [2.05, 4.69) is 0 Å². The Bertz CT molecular complexity index is 1010. The number of benzene rings is 3. The van der Waals surface area contributed by atoms with E-state index >= 15 is 0 Å². The second kappa shape index (κ2) is 11.3. The summed E-state index contributed by atoms with van der Waals surface area (Å²) in [6.07, 6.45) is 0.503. The van der Waals surface area contributed by atoms with Gasteiger partial charge in [0.2, 0.25) is 0 Å². The SMILES string of the molecule is CCOC(=O)COc1ccc(/C(=C(/CCO)c2ccccc2)c2ccc(Cl)cc2)cc1. The van der Waals surface area contributed by atoms with E-state index in [0.717, 1.165) is 27.8 Å². The van der Waals surface area contributed by atoms with Gasteiger partial charge in [-0.1, -0.05) is 66.2 Å². The third-order valence-electron chi connectivity index (χ3n) is 4.72. The lowest BCUT2D eigenvalue weighted by Gasteiger charge is -2.17. The fraction of sp³-hybridized carbons (Fsp3) is 0.192. The van der Waals surface area contributed by atoms with Crippen LogP contribution < -0.4 is 4.74 Å². The van der Waals surface area contributed by atoms with Crippen molar-refractivity contribution in [2.24, 2.45) is 0 Å². The van der Waals surface area contributed by atoms with Gasteiger partial charge in [-0.05, 0) is 65.4 Å². The monoisotopic (exact) mass is 436 g/mol. The van der Waals surface area contributed by atoms with Crippen LogP contribution in [-0.2, 0) is 9.53 Å². The van der Waals surface area contributed by atoms with E-state index in [1.807, 2.05) is 78.9 Å². The first kappa shape index (κ1) is 22.6. The molecule has 0 saturated heterocycles. The molecule has 160 valence electrons. The minimum absolute atomic E-state index is 0.0298. The van der Waals surface area contributed by atoms with Crippen LogP contribution in [0, 0.1) is 0 Å². The first-order chi connectivity index (χ1) is 15.1. The van der Waals surface area contributed by atoms with Crippen LogP contribution in [0.2, 0.25) is 5.02 Å². The van der Waals surface area contributed by atoms with Gasteiger partial charge in [0, 0.05) is 11.6 Å². The molecule has 0 aliphatic rings. The van der Waals surface area contributed by atoms with Gasteiger partial charge in [0.1, 0.15) is 5.75 Å². The minimum Gasteiger partial charge on any atom is -0.482 e. The van der Waals surface area contributed by atoms with Gasteiger partial charge in [-0.3, -0.25) is 0 Å². The highest BCUT2D eigenvalue weighted by atomic mass is 35.5. The molecule has 0 fully saturated rings. The molecule has 0 saturated carbocycles. The van der Waals surface area contributed by atoms with E-state index in [1.54, 1.807) is 6.92 Å². The Morgan fingerprint density at radius 2 is 1.48 bits per heavy atom. The highest BCUT2D eigenvalue weighted by Gasteiger charge is 2.14. The normalized spacial score (nSPS) is 11.6. The first-order valence-corrected chi connectivity index (χ1v) is 10.5. The lowest BCUT2D eigenvalue weighted by molar-refractivity contribution is -0.145. The van der Waals surface area contributed by atoms with Crippen molar-refractivity contribution in [2.45, 2.75) is 13.3 Å². The van der Waals surface area contributed by atoms with Crippen molar-refractivity contribution in [3.05, 3.63) is 101 Å². The number of hydrogen-bond acceptors (Lipinski definition) is 4. The van der Waals surface area contributed by atoms with E-state index in [9.17, 15) is 9.90 Å². The number of rotatable bonds is 9. The number of ether oxygens (including phenoxy) is 2. The quantitative estimate of drug-likeness (QED) is 0.349. The third kappa shape index (κ3) is 6.20. The maximum Gasteiger partial charge on any atom is 0.344 e. The van der Waals surface area contributed by atoms with Crippen molar-refractivity contribution in [3.63, 3.8) is 0 Å². The molecule has 0 amide bonds. The number of aliphatic hydroxyl groups is 1. The smallest absolute Gasteiger partial charge is 0.344 e. The summed E-state index contributed by atoms with van der Waals surface area (Å²) in [6, 6.07) is 25.2. The maximum absolute atomic E-state index is 11.5. The number of halogens is 1. The zero-order valence-corrected chi connectivity index (χ0v) is 18.1. The average Bonchev–Trinajstić information content (AvgIpc) is 2.80. The lowest BCUT2D eigenvalue weighted by Crippen LogP contribution is -2.14. The third-order valence-corrected chi connectivity index (χ3v) is 4.98. The summed E-state index contributed by atoms with van der Waals surface area (Å²) >= 11 is 6.11. The Kier molecular flexibility index (Phi) is 8.27. The van der Waals surface area contributed by atoms with Crippen molar-refractivity contribution in [1.29, 1.82) is 0 Å². The maximum atomic E-state index is 11.5. The van der Waals surface area contributed by atoms with Crippen molar-refractivity contribution in [3.8, 4) is 5.75 Å². The summed E-state index contributed by atoms with van der Waals surface area (Å²) in [4.78, 5) is 11.5. The van der Waals surface area contributed by atoms with Crippen LogP contribution in [0.25, 0.3) is 11.1 Å². The zero-order valence-electron chi connectivity index (χ0n) is 17.4. The Hall–Kier alpha value is -3.08. The number of carbonyl (C=O) groups excluding carboxylic acids is 1. The number of aliphatic hydroxyl groups excluding tert-OH is 1. The van der Waals surface area contributed by atoms with Crippen molar-refractivity contribution >= 4 is 28.7 Å². The van der Waals surface area contributed by atoms with Crippen LogP contribution in [0.15, 0.2) is 78.9 Å². The summed E-state index contributed by atoms with van der Waals surface area (Å²) in [6.45, 7) is 1.98. The summed E-state index contributed by atoms with van der Waals surface area (Å²) in [5.74, 6) is 0.179. The Labute approximate surface area is 187 Å². The fourth-order valence-electron chi connectivity index (χ4n) is 3.36. The number of esters is 1. The van der Waals surface area contributed by atoms with Gasteiger partial charge in [0.15, 0.2) is 6.61 Å². The lowest BCUT2D eigenvalue weighted by atomic mass is 9.88. The molecule has 0 aliphatic heterocycles. The largest absolute Gasteiger partial charge is 0.482 e. The van der Waals surface area contributed by atoms with E-state index in [1.165, 1.54) is 0 Å². The second-order valence-electron chi connectivity index (χ2n) is 6.82. The molecule has 4 nitrogen and oxygen atoms in total. The van der Waals surface area contributed by atoms with Crippen LogP contribution in [0.5, 0.6) is 5.75 Å². The molecular formula is C26H25ClO4. The van der Waals surface area contributed by atoms with Crippen molar-refractivity contribution < 1.29 is 19.4 Å². The van der Waals surface area contributed by atoms with E-state index in [4.69, 9.17) is 21.1 Å². The minimum atomic E-state index is -0.400. The first-order valence-electron chi connectivity index (χ1n) is 10.2. The molecule has 3 aromatic carbocycles. The predicted octanol–water partition coefficient (Wildman–Crippen LogP) is 5.62. The van der Waals surface area contributed by atoms with Crippen LogP contribution >= 0.6 is 11.6 Å². The summed E-state index contributed by atoms with van der Waals surface area (Å²) in [7, 11) is 0. The topological polar surface area (TPSA) is 55.8 Å². The van der Waals surface area contributed by atoms with Crippen molar-refractivity contribution in [1.82, 2.24) is 0 Å². The fourth-order valence-corrected chi connectivity index (χ4v) is 3.49. The molecule has 0 atom stereocenters. The predicted molar refractivity (Wildman–Crippen MR) is 124 cm³/mol. The molecule has 3 rings (SSSR count). The summed E-state index contributed by atoms with van der Waals surface area (Å²) in [5, 5.41) is 10.4. The van der Waals surface area contributed by atoms with E-state index in [-0.39, 0.29) is 13.2 Å². The second-order valence-corrected chi connectivity index (χ2v) is 7.25. The van der Waals surface area contributed by atoms with Gasteiger partial charge < -0.3 is 14.6 Å². The van der Waals surface area contributed by atoms with Crippen molar-refractivity contribution in [2.75, 3.05) is 19.8 Å². The molecular weight excluding hydrogens is 412 g/mol. The molecule has 0 spiro atoms. The highest BCUT2D eigenvalue weighted by Crippen LogP contribution is 2.35. The van der Waals surface area contributed by atoms with Crippen LogP contribution in [0.3, 0.4) is 0 Å². The van der Waals surface area contributed by atoms with Gasteiger partial charge in [-0.15, -0.1) is 0 Å². The molecule has 5 heteroatoms. The molecule has 31 heavy (non-hydrogen) atoms. The van der Waals surface area contributed by atoms with E-state index in [0.29, 0.717) is 23.8 Å². The van der Waals surface area contributed by atoms with Gasteiger partial charge in [-0.2, -0.15) is 0 Å². The molecule has 0 radical (unpaired) electrons. The molecule has 0 aliphatic carbocycles. The van der Waals surface area contributed by atoms with Gasteiger partial charge in [0.05, 0.1) is 6.61 Å². The van der Waals surface area contributed by atoms with Gasteiger partial charge in [0.25, 0.3) is 0 Å². The van der Waals surface area contributed by atoms with Crippen LogP contribution in [0.4, 0.5) is 0 Å². The molecule has 0 bridgehead atoms. The molecule has 0 aromatic heterocycles. The molecule has 0 heterocycles. The Morgan fingerprint density at radius 3 is 2.06 bits per heavy atom. The number of carbonyl (C=O) groups is 1. The Morgan fingerprint density at radius 1 is 0.871 bits per heavy atom. The van der Waals surface area contributed by atoms with Gasteiger partial charge in [-0.25, -0.2) is 4.79 Å². The van der Waals surface area contributed by atoms with E-state index < -0.39 is 5.97 Å². The molecule has 1 N–H and O–H groups in total. The highest BCUT2D eigenvalue weighted by molar-refractivity contribution is 6.30. The van der Waals surface area contributed by atoms with Crippen LogP contribution in [-0.4, -0.2) is 30.9 Å². The summed E-state index contributed by atoms with van der Waals surface area (Å²) < 4.78 is 10.4. The van der Waals surface area contributed by atoms with Crippen LogP contribution in [0.1, 0.15) is 30.0 Å². The Balaban J connectivity index is 2.02. The number of hydrogen-bond donors (Lipinski definition) is 1. The molecule has 0 unspecified atom stereocenters. The zero-order chi connectivity index (χ0) is 22.1.